The zero-order valence-electron chi connectivity index (χ0n) is 16.3. The van der Waals surface area contributed by atoms with Crippen LogP contribution in [-0.2, 0) is 19.5 Å². The lowest BCUT2D eigenvalue weighted by Crippen LogP contribution is -2.49. The van der Waals surface area contributed by atoms with Crippen molar-refractivity contribution in [2.24, 2.45) is 0 Å². The minimum absolute atomic E-state index is 0.148. The lowest BCUT2D eigenvalue weighted by atomic mass is 10.1. The highest BCUT2D eigenvalue weighted by Crippen LogP contribution is 2.18. The molecule has 1 aromatic rings. The van der Waals surface area contributed by atoms with Gasteiger partial charge in [0.2, 0.25) is 10.0 Å². The van der Waals surface area contributed by atoms with E-state index < -0.39 is 32.5 Å². The van der Waals surface area contributed by atoms with Gasteiger partial charge in [-0.05, 0) is 19.9 Å². The molecule has 0 bridgehead atoms. The fourth-order valence-electron chi connectivity index (χ4n) is 2.97. The Morgan fingerprint density at radius 2 is 1.83 bits per heavy atom. The average molecular weight is 429 g/mol. The van der Waals surface area contributed by atoms with Crippen LogP contribution in [0.1, 0.15) is 34.6 Å². The first-order valence-corrected chi connectivity index (χ1v) is 10.4. The number of benzene rings is 1. The lowest BCUT2D eigenvalue weighted by molar-refractivity contribution is -0.384. The number of carbonyl (C=O) groups excluding carboxylic acids is 2. The van der Waals surface area contributed by atoms with Crippen LogP contribution in [0.4, 0.5) is 5.69 Å². The number of carbonyl (C=O) groups is 2. The Balaban J connectivity index is 2.06. The Hall–Kier alpha value is -2.57. The van der Waals surface area contributed by atoms with Crippen LogP contribution in [0.25, 0.3) is 0 Å². The van der Waals surface area contributed by atoms with Gasteiger partial charge in [0.05, 0.1) is 35.6 Å². The first-order valence-electron chi connectivity index (χ1n) is 8.82. The Bertz CT molecular complexity index is 892. The SMILES string of the molecule is COC(=O)c1cc(C(=O)NCCS(=O)(=O)N2CC(C)OC(C)C2)cc([N+](=O)[O-])c1. The largest absolute Gasteiger partial charge is 0.465 e. The predicted molar refractivity (Wildman–Crippen MR) is 102 cm³/mol. The number of morpholine rings is 1. The molecule has 1 aliphatic heterocycles. The summed E-state index contributed by atoms with van der Waals surface area (Å²) >= 11 is 0. The van der Waals surface area contributed by atoms with E-state index in [0.29, 0.717) is 0 Å². The number of sulfonamides is 1. The zero-order chi connectivity index (χ0) is 21.8. The van der Waals surface area contributed by atoms with Gasteiger partial charge in [0, 0.05) is 37.3 Å². The molecule has 2 rings (SSSR count). The molecule has 1 amide bonds. The van der Waals surface area contributed by atoms with Crippen molar-refractivity contribution in [3.8, 4) is 0 Å². The van der Waals surface area contributed by atoms with Crippen molar-refractivity contribution >= 4 is 27.6 Å². The van der Waals surface area contributed by atoms with Crippen molar-refractivity contribution in [2.75, 3.05) is 32.5 Å². The third-order valence-electron chi connectivity index (χ3n) is 4.24. The number of hydrogen-bond donors (Lipinski definition) is 1. The van der Waals surface area contributed by atoms with E-state index >= 15 is 0 Å². The molecule has 2 unspecified atom stereocenters. The van der Waals surface area contributed by atoms with Gasteiger partial charge in [-0.2, -0.15) is 4.31 Å². The summed E-state index contributed by atoms with van der Waals surface area (Å²) in [6, 6.07) is 3.14. The van der Waals surface area contributed by atoms with E-state index in [-0.39, 0.29) is 48.7 Å². The van der Waals surface area contributed by atoms with Gasteiger partial charge in [-0.25, -0.2) is 13.2 Å². The molecule has 12 heteroatoms. The zero-order valence-corrected chi connectivity index (χ0v) is 17.1. The first-order chi connectivity index (χ1) is 13.5. The van der Waals surface area contributed by atoms with E-state index in [1.807, 2.05) is 0 Å². The van der Waals surface area contributed by atoms with Gasteiger partial charge in [-0.3, -0.25) is 14.9 Å². The summed E-state index contributed by atoms with van der Waals surface area (Å²) in [7, 11) is -2.51. The van der Waals surface area contributed by atoms with Crippen LogP contribution < -0.4 is 5.32 Å². The second-order valence-corrected chi connectivity index (χ2v) is 8.75. The van der Waals surface area contributed by atoms with Crippen LogP contribution in [0.15, 0.2) is 18.2 Å². The summed E-state index contributed by atoms with van der Waals surface area (Å²) in [5.41, 5.74) is -0.761. The van der Waals surface area contributed by atoms with Gasteiger partial charge in [0.1, 0.15) is 0 Å². The molecule has 1 aromatic carbocycles. The Kier molecular flexibility index (Phi) is 7.27. The van der Waals surface area contributed by atoms with E-state index in [1.54, 1.807) is 13.8 Å². The number of amides is 1. The lowest BCUT2D eigenvalue weighted by Gasteiger charge is -2.34. The van der Waals surface area contributed by atoms with Gasteiger partial charge in [0.25, 0.3) is 11.6 Å². The molecule has 160 valence electrons. The molecular weight excluding hydrogens is 406 g/mol. The van der Waals surface area contributed by atoms with Crippen LogP contribution in [0.5, 0.6) is 0 Å². The fourth-order valence-corrected chi connectivity index (χ4v) is 4.46. The maximum absolute atomic E-state index is 12.5. The van der Waals surface area contributed by atoms with Crippen LogP contribution in [0.3, 0.4) is 0 Å². The standard InChI is InChI=1S/C17H23N3O8S/c1-11-9-19(10-12(2)28-11)29(25,26)5-4-18-16(21)13-6-14(17(22)27-3)8-15(7-13)20(23)24/h6-8,11-12H,4-5,9-10H2,1-3H3,(H,18,21). The van der Waals surface area contributed by atoms with Crippen LogP contribution in [0, 0.1) is 10.1 Å². The number of rotatable bonds is 7. The minimum atomic E-state index is -3.62. The van der Waals surface area contributed by atoms with Gasteiger partial charge in [0.15, 0.2) is 0 Å². The average Bonchev–Trinajstić information content (AvgIpc) is 2.65. The molecule has 1 aliphatic rings. The van der Waals surface area contributed by atoms with E-state index in [0.717, 1.165) is 25.3 Å². The molecule has 1 N–H and O–H groups in total. The van der Waals surface area contributed by atoms with E-state index in [4.69, 9.17) is 4.74 Å². The van der Waals surface area contributed by atoms with Crippen LogP contribution in [-0.4, -0.2) is 74.2 Å². The van der Waals surface area contributed by atoms with Crippen molar-refractivity contribution in [1.82, 2.24) is 9.62 Å². The summed E-state index contributed by atoms with van der Waals surface area (Å²) in [4.78, 5) is 34.3. The molecule has 1 heterocycles. The topological polar surface area (TPSA) is 145 Å². The Morgan fingerprint density at radius 1 is 1.24 bits per heavy atom. The smallest absolute Gasteiger partial charge is 0.338 e. The number of hydrogen-bond acceptors (Lipinski definition) is 8. The number of nitrogens with one attached hydrogen (secondary N) is 1. The number of esters is 1. The van der Waals surface area contributed by atoms with Gasteiger partial charge in [-0.15, -0.1) is 0 Å². The maximum Gasteiger partial charge on any atom is 0.338 e. The second kappa shape index (κ2) is 9.29. The van der Waals surface area contributed by atoms with E-state index in [2.05, 4.69) is 10.1 Å². The highest BCUT2D eigenvalue weighted by Gasteiger charge is 2.30. The summed E-state index contributed by atoms with van der Waals surface area (Å²) in [6.45, 7) is 3.82. The summed E-state index contributed by atoms with van der Waals surface area (Å²) in [6.07, 6.45) is -0.463. The Labute approximate surface area is 168 Å². The number of methoxy groups -OCH3 is 1. The molecule has 0 saturated carbocycles. The van der Waals surface area contributed by atoms with Crippen molar-refractivity contribution in [3.05, 3.63) is 39.4 Å². The molecule has 0 spiro atoms. The quantitative estimate of drug-likeness (QED) is 0.376. The highest BCUT2D eigenvalue weighted by molar-refractivity contribution is 7.89. The second-order valence-electron chi connectivity index (χ2n) is 6.66. The fraction of sp³-hybridized carbons (Fsp3) is 0.529. The molecule has 1 fully saturated rings. The molecule has 1 saturated heterocycles. The monoisotopic (exact) mass is 429 g/mol. The molecule has 0 aliphatic carbocycles. The Morgan fingerprint density at radius 3 is 2.38 bits per heavy atom. The number of nitro groups is 1. The summed E-state index contributed by atoms with van der Waals surface area (Å²) < 4.78 is 36.3. The number of non-ortho nitro benzene ring substituents is 1. The first kappa shape index (κ1) is 22.7. The molecule has 29 heavy (non-hydrogen) atoms. The molecular formula is C17H23N3O8S. The summed E-state index contributed by atoms with van der Waals surface area (Å²) in [5, 5.41) is 13.5. The normalized spacial score (nSPS) is 20.1. The molecule has 0 aromatic heterocycles. The van der Waals surface area contributed by atoms with E-state index in [1.165, 1.54) is 4.31 Å². The molecule has 11 nitrogen and oxygen atoms in total. The van der Waals surface area contributed by atoms with Crippen LogP contribution >= 0.6 is 0 Å². The van der Waals surface area contributed by atoms with E-state index in [9.17, 15) is 28.1 Å². The van der Waals surface area contributed by atoms with Crippen molar-refractivity contribution < 1.29 is 32.4 Å². The third kappa shape index (κ3) is 5.95. The maximum atomic E-state index is 12.5. The number of ether oxygens (including phenoxy) is 2. The van der Waals surface area contributed by atoms with Crippen molar-refractivity contribution in [2.45, 2.75) is 26.1 Å². The third-order valence-corrected chi connectivity index (χ3v) is 6.04. The number of nitro benzene ring substituents is 1. The van der Waals surface area contributed by atoms with Gasteiger partial charge in [-0.1, -0.05) is 0 Å². The molecule has 0 radical (unpaired) electrons. The predicted octanol–water partition coefficient (Wildman–Crippen LogP) is 0.550. The number of nitrogens with zero attached hydrogens (tertiary/aromatic N) is 2. The molecule has 2 atom stereocenters. The summed E-state index contributed by atoms with van der Waals surface area (Å²) in [5.74, 6) is -1.91. The van der Waals surface area contributed by atoms with Crippen molar-refractivity contribution in [1.29, 1.82) is 0 Å². The van der Waals surface area contributed by atoms with Crippen LogP contribution in [0.2, 0.25) is 0 Å². The highest BCUT2D eigenvalue weighted by atomic mass is 32.2. The minimum Gasteiger partial charge on any atom is -0.465 e. The van der Waals surface area contributed by atoms with Crippen molar-refractivity contribution in [3.63, 3.8) is 0 Å². The van der Waals surface area contributed by atoms with Gasteiger partial charge < -0.3 is 14.8 Å². The van der Waals surface area contributed by atoms with Gasteiger partial charge >= 0.3 is 5.97 Å².